The lowest BCUT2D eigenvalue weighted by Crippen LogP contribution is -2.53. The smallest absolute Gasteiger partial charge is 0.255 e. The first-order chi connectivity index (χ1) is 11.6. The lowest BCUT2D eigenvalue weighted by molar-refractivity contribution is -0.0157. The van der Waals surface area contributed by atoms with E-state index in [4.69, 9.17) is 9.47 Å². The van der Waals surface area contributed by atoms with E-state index in [1.54, 1.807) is 20.4 Å². The van der Waals surface area contributed by atoms with Gasteiger partial charge in [-0.3, -0.25) is 14.7 Å². The molecule has 132 valence electrons. The Morgan fingerprint density at radius 1 is 1.33 bits per heavy atom. The van der Waals surface area contributed by atoms with Crippen molar-refractivity contribution in [1.82, 2.24) is 14.8 Å². The third-order valence-corrected chi connectivity index (χ3v) is 5.27. The molecule has 0 aliphatic carbocycles. The molecular weight excluding hydrogens is 306 g/mol. The second kappa shape index (κ2) is 7.59. The number of amides is 1. The molecule has 2 fully saturated rings. The van der Waals surface area contributed by atoms with Crippen molar-refractivity contribution < 1.29 is 14.3 Å². The molecule has 0 aromatic carbocycles. The number of carbonyl (C=O) groups excluding carboxylic acids is 1. The molecule has 6 heteroatoms. The predicted molar refractivity (Wildman–Crippen MR) is 91.0 cm³/mol. The second-order valence-corrected chi connectivity index (χ2v) is 6.73. The fourth-order valence-corrected chi connectivity index (χ4v) is 3.94. The van der Waals surface area contributed by atoms with Crippen LogP contribution in [0.2, 0.25) is 0 Å². The molecule has 6 nitrogen and oxygen atoms in total. The lowest BCUT2D eigenvalue weighted by Gasteiger charge is -2.41. The number of pyridine rings is 1. The SMILES string of the molecule is COCCN1C[C@@H]2[C@@H](OC)CCN(C(=O)c3ccc(C)nc3)[C@@H]2C1. The first-order valence-corrected chi connectivity index (χ1v) is 8.61. The summed E-state index contributed by atoms with van der Waals surface area (Å²) in [6.45, 7) is 6.13. The Hall–Kier alpha value is -1.50. The highest BCUT2D eigenvalue weighted by Gasteiger charge is 2.45. The molecule has 1 amide bonds. The maximum Gasteiger partial charge on any atom is 0.255 e. The maximum atomic E-state index is 13.0. The van der Waals surface area contributed by atoms with Crippen molar-refractivity contribution in [2.24, 2.45) is 5.92 Å². The van der Waals surface area contributed by atoms with Crippen molar-refractivity contribution in [1.29, 1.82) is 0 Å². The van der Waals surface area contributed by atoms with E-state index in [9.17, 15) is 4.79 Å². The van der Waals surface area contributed by atoms with E-state index in [-0.39, 0.29) is 18.1 Å². The van der Waals surface area contributed by atoms with Gasteiger partial charge in [-0.2, -0.15) is 0 Å². The molecule has 0 unspecified atom stereocenters. The van der Waals surface area contributed by atoms with Gasteiger partial charge in [0.1, 0.15) is 0 Å². The minimum absolute atomic E-state index is 0.0839. The number of aryl methyl sites for hydroxylation is 1. The number of carbonyl (C=O) groups is 1. The van der Waals surface area contributed by atoms with Crippen molar-refractivity contribution in [3.8, 4) is 0 Å². The van der Waals surface area contributed by atoms with Gasteiger partial charge < -0.3 is 14.4 Å². The molecule has 3 heterocycles. The molecule has 2 aliphatic heterocycles. The summed E-state index contributed by atoms with van der Waals surface area (Å²) < 4.78 is 10.9. The molecule has 0 spiro atoms. The van der Waals surface area contributed by atoms with Gasteiger partial charge >= 0.3 is 0 Å². The van der Waals surface area contributed by atoms with Crippen LogP contribution in [0.15, 0.2) is 18.3 Å². The minimum atomic E-state index is 0.0839. The van der Waals surface area contributed by atoms with E-state index in [1.165, 1.54) is 0 Å². The number of piperidine rings is 1. The summed E-state index contributed by atoms with van der Waals surface area (Å²) in [6.07, 6.45) is 2.80. The predicted octanol–water partition coefficient (Wildman–Crippen LogP) is 1.20. The first kappa shape index (κ1) is 17.3. The second-order valence-electron chi connectivity index (χ2n) is 6.73. The van der Waals surface area contributed by atoms with E-state index >= 15 is 0 Å². The van der Waals surface area contributed by atoms with Crippen LogP contribution in [0.1, 0.15) is 22.5 Å². The van der Waals surface area contributed by atoms with E-state index in [2.05, 4.69) is 9.88 Å². The van der Waals surface area contributed by atoms with Crippen LogP contribution < -0.4 is 0 Å². The summed E-state index contributed by atoms with van der Waals surface area (Å²) in [5.41, 5.74) is 1.60. The highest BCUT2D eigenvalue weighted by Crippen LogP contribution is 2.33. The Morgan fingerprint density at radius 2 is 2.17 bits per heavy atom. The summed E-state index contributed by atoms with van der Waals surface area (Å²) in [5, 5.41) is 0. The quantitative estimate of drug-likeness (QED) is 0.810. The molecule has 0 radical (unpaired) electrons. The normalized spacial score (nSPS) is 27.3. The Balaban J connectivity index is 1.76. The molecule has 0 bridgehead atoms. The molecule has 3 rings (SSSR count). The van der Waals surface area contributed by atoms with Crippen molar-refractivity contribution in [3.05, 3.63) is 29.6 Å². The monoisotopic (exact) mass is 333 g/mol. The third-order valence-electron chi connectivity index (χ3n) is 5.27. The van der Waals surface area contributed by atoms with Gasteiger partial charge in [0.25, 0.3) is 5.91 Å². The largest absolute Gasteiger partial charge is 0.383 e. The van der Waals surface area contributed by atoms with Crippen molar-refractivity contribution in [3.63, 3.8) is 0 Å². The summed E-state index contributed by atoms with van der Waals surface area (Å²) in [7, 11) is 3.50. The Bertz CT molecular complexity index is 563. The summed E-state index contributed by atoms with van der Waals surface area (Å²) in [4.78, 5) is 21.6. The molecule has 3 atom stereocenters. The van der Waals surface area contributed by atoms with Crippen LogP contribution in [0.5, 0.6) is 0 Å². The van der Waals surface area contributed by atoms with E-state index in [0.717, 1.165) is 38.3 Å². The molecule has 1 aromatic rings. The number of hydrogen-bond acceptors (Lipinski definition) is 5. The van der Waals surface area contributed by atoms with Gasteiger partial charge in [0, 0.05) is 58.2 Å². The number of ether oxygens (including phenoxy) is 2. The first-order valence-electron chi connectivity index (χ1n) is 8.61. The minimum Gasteiger partial charge on any atom is -0.383 e. The van der Waals surface area contributed by atoms with Gasteiger partial charge in [-0.1, -0.05) is 0 Å². The molecule has 24 heavy (non-hydrogen) atoms. The van der Waals surface area contributed by atoms with Crippen LogP contribution in [-0.4, -0.2) is 79.8 Å². The van der Waals surface area contributed by atoms with Gasteiger partial charge in [0.2, 0.25) is 0 Å². The summed E-state index contributed by atoms with van der Waals surface area (Å²) in [6, 6.07) is 3.97. The van der Waals surface area contributed by atoms with Gasteiger partial charge in [0.05, 0.1) is 24.3 Å². The Morgan fingerprint density at radius 3 is 2.83 bits per heavy atom. The van der Waals surface area contributed by atoms with Gasteiger partial charge in [-0.05, 0) is 25.5 Å². The number of aromatic nitrogens is 1. The zero-order chi connectivity index (χ0) is 17.1. The number of rotatable bonds is 5. The van der Waals surface area contributed by atoms with E-state index in [1.807, 2.05) is 24.0 Å². The number of likely N-dealkylation sites (tertiary alicyclic amines) is 2. The van der Waals surface area contributed by atoms with Crippen molar-refractivity contribution in [2.75, 3.05) is 47.0 Å². The van der Waals surface area contributed by atoms with Crippen LogP contribution in [0, 0.1) is 12.8 Å². The summed E-state index contributed by atoms with van der Waals surface area (Å²) in [5.74, 6) is 0.448. The zero-order valence-electron chi connectivity index (χ0n) is 14.8. The third kappa shape index (κ3) is 3.45. The van der Waals surface area contributed by atoms with Crippen molar-refractivity contribution >= 4 is 5.91 Å². The summed E-state index contributed by atoms with van der Waals surface area (Å²) >= 11 is 0. The molecule has 2 aliphatic rings. The Labute approximate surface area is 143 Å². The number of fused-ring (bicyclic) bond motifs is 1. The lowest BCUT2D eigenvalue weighted by atomic mass is 9.88. The average molecular weight is 333 g/mol. The van der Waals surface area contributed by atoms with Crippen molar-refractivity contribution in [2.45, 2.75) is 25.5 Å². The molecule has 2 saturated heterocycles. The topological polar surface area (TPSA) is 54.9 Å². The Kier molecular flexibility index (Phi) is 5.48. The maximum absolute atomic E-state index is 13.0. The van der Waals surface area contributed by atoms with Crippen LogP contribution >= 0.6 is 0 Å². The van der Waals surface area contributed by atoms with Gasteiger partial charge in [-0.25, -0.2) is 0 Å². The number of nitrogens with zero attached hydrogens (tertiary/aromatic N) is 3. The molecule has 0 N–H and O–H groups in total. The fraction of sp³-hybridized carbons (Fsp3) is 0.667. The van der Waals surface area contributed by atoms with Crippen LogP contribution in [0.25, 0.3) is 0 Å². The zero-order valence-corrected chi connectivity index (χ0v) is 14.8. The van der Waals surface area contributed by atoms with Gasteiger partial charge in [0.15, 0.2) is 0 Å². The van der Waals surface area contributed by atoms with Crippen LogP contribution in [-0.2, 0) is 9.47 Å². The van der Waals surface area contributed by atoms with E-state index in [0.29, 0.717) is 18.1 Å². The fourth-order valence-electron chi connectivity index (χ4n) is 3.94. The standard InChI is InChI=1S/C18H27N3O3/c1-13-4-5-14(10-19-13)18(22)21-7-6-17(24-3)15-11-20(8-9-23-2)12-16(15)21/h4-5,10,15-17H,6-9,11-12H2,1-3H3/t15-,16+,17-/m0/s1. The number of hydrogen-bond donors (Lipinski definition) is 0. The number of methoxy groups -OCH3 is 2. The van der Waals surface area contributed by atoms with Crippen LogP contribution in [0.3, 0.4) is 0 Å². The average Bonchev–Trinajstić information content (AvgIpc) is 3.03. The van der Waals surface area contributed by atoms with Crippen LogP contribution in [0.4, 0.5) is 0 Å². The molecule has 1 aromatic heterocycles. The molecule has 0 saturated carbocycles. The highest BCUT2D eigenvalue weighted by molar-refractivity contribution is 5.94. The highest BCUT2D eigenvalue weighted by atomic mass is 16.5. The molecular formula is C18H27N3O3. The van der Waals surface area contributed by atoms with E-state index < -0.39 is 0 Å². The van der Waals surface area contributed by atoms with Gasteiger partial charge in [-0.15, -0.1) is 0 Å².